The number of amidine groups is 1. The van der Waals surface area contributed by atoms with Crippen molar-refractivity contribution >= 4 is 17.8 Å². The number of hydrogen-bond donors (Lipinski definition) is 4. The molecule has 0 bridgehead atoms. The number of unbranched alkanes of at least 4 members (excludes halogenated alkanes) is 1. The van der Waals surface area contributed by atoms with Gasteiger partial charge >= 0.3 is 11.7 Å². The number of nitrogen functional groups attached to an aromatic ring is 1. The highest BCUT2D eigenvalue weighted by Gasteiger charge is 2.61. The van der Waals surface area contributed by atoms with Crippen LogP contribution in [0.25, 0.3) is 0 Å². The molecule has 4 rings (SSSR count). The number of aromatic hydroxyl groups is 1. The predicted octanol–water partition coefficient (Wildman–Crippen LogP) is 0.615. The van der Waals surface area contributed by atoms with Gasteiger partial charge in [-0.25, -0.2) is 9.59 Å². The Morgan fingerprint density at radius 2 is 1.84 bits per heavy atom. The highest BCUT2D eigenvalue weighted by Crippen LogP contribution is 2.46. The molecule has 11 heteroatoms. The van der Waals surface area contributed by atoms with E-state index in [0.29, 0.717) is 51.5 Å². The number of nitrogens with zero attached hydrogens (tertiary/aromatic N) is 3. The van der Waals surface area contributed by atoms with Gasteiger partial charge in [0.1, 0.15) is 16.9 Å². The van der Waals surface area contributed by atoms with Gasteiger partial charge in [-0.05, 0) is 50.9 Å². The highest BCUT2D eigenvalue weighted by molar-refractivity contribution is 6.08. The molecule has 32 heavy (non-hydrogen) atoms. The number of amides is 3. The third-order valence-corrected chi connectivity index (χ3v) is 7.10. The van der Waals surface area contributed by atoms with Crippen molar-refractivity contribution < 1.29 is 14.7 Å². The van der Waals surface area contributed by atoms with Crippen molar-refractivity contribution in [1.82, 2.24) is 19.4 Å². The molecule has 2 aliphatic carbocycles. The van der Waals surface area contributed by atoms with Crippen molar-refractivity contribution in [2.75, 3.05) is 6.54 Å². The number of nitrogens with two attached hydrogens (primary N) is 1. The molecule has 0 atom stereocenters. The van der Waals surface area contributed by atoms with Gasteiger partial charge in [0.05, 0.1) is 0 Å². The molecule has 2 heterocycles. The van der Waals surface area contributed by atoms with E-state index in [4.69, 9.17) is 11.1 Å². The Morgan fingerprint density at radius 1 is 1.19 bits per heavy atom. The molecule has 0 radical (unpaired) electrons. The van der Waals surface area contributed by atoms with Crippen molar-refractivity contribution in [3.63, 3.8) is 0 Å². The first-order valence-electron chi connectivity index (χ1n) is 11.3. The molecular weight excluding hydrogens is 416 g/mol. The maximum Gasteiger partial charge on any atom is 0.334 e. The highest BCUT2D eigenvalue weighted by atomic mass is 16.3. The molecule has 1 aromatic heterocycles. The summed E-state index contributed by atoms with van der Waals surface area (Å²) in [5.74, 6) is -1.16. The zero-order chi connectivity index (χ0) is 23.2. The summed E-state index contributed by atoms with van der Waals surface area (Å²) in [5, 5.41) is 20.6. The Hall–Kier alpha value is -3.11. The molecule has 2 saturated carbocycles. The SMILES string of the molecule is CCCCn1c(O)c(C(=N)N)c(=O)n(C2CCC(CN3C(=O)NC(=O)C34CC4)CC2)c1=O. The van der Waals surface area contributed by atoms with Gasteiger partial charge in [-0.3, -0.25) is 29.4 Å². The van der Waals surface area contributed by atoms with Gasteiger partial charge in [0, 0.05) is 19.1 Å². The number of carbonyl (C=O) groups is 2. The molecule has 1 aromatic rings. The number of hydrogen-bond acceptors (Lipinski definition) is 6. The van der Waals surface area contributed by atoms with Crippen LogP contribution in [-0.4, -0.2) is 49.0 Å². The Balaban J connectivity index is 1.54. The van der Waals surface area contributed by atoms with E-state index in [1.807, 2.05) is 6.92 Å². The zero-order valence-corrected chi connectivity index (χ0v) is 18.2. The topological polar surface area (TPSA) is 164 Å². The predicted molar refractivity (Wildman–Crippen MR) is 116 cm³/mol. The second-order valence-electron chi connectivity index (χ2n) is 9.15. The molecule has 3 aliphatic rings. The van der Waals surface area contributed by atoms with Crippen LogP contribution in [0.5, 0.6) is 5.88 Å². The third kappa shape index (κ3) is 3.49. The first-order chi connectivity index (χ1) is 15.2. The largest absolute Gasteiger partial charge is 0.494 e. The van der Waals surface area contributed by atoms with Crippen molar-refractivity contribution in [3.05, 3.63) is 26.4 Å². The minimum absolute atomic E-state index is 0.169. The average Bonchev–Trinajstić information content (AvgIpc) is 3.50. The molecule has 1 spiro atoms. The molecule has 5 N–H and O–H groups in total. The Kier molecular flexibility index (Phi) is 5.59. The van der Waals surface area contributed by atoms with E-state index in [2.05, 4.69) is 5.32 Å². The van der Waals surface area contributed by atoms with Crippen LogP contribution >= 0.6 is 0 Å². The minimum Gasteiger partial charge on any atom is -0.494 e. The van der Waals surface area contributed by atoms with Gasteiger partial charge in [0.15, 0.2) is 0 Å². The van der Waals surface area contributed by atoms with Gasteiger partial charge < -0.3 is 15.7 Å². The summed E-state index contributed by atoms with van der Waals surface area (Å²) in [5.41, 5.74) is 3.23. The van der Waals surface area contributed by atoms with E-state index >= 15 is 0 Å². The molecular formula is C21H30N6O5. The second kappa shape index (κ2) is 8.10. The lowest BCUT2D eigenvalue weighted by molar-refractivity contribution is -0.122. The van der Waals surface area contributed by atoms with Crippen molar-refractivity contribution in [3.8, 4) is 5.88 Å². The lowest BCUT2D eigenvalue weighted by Crippen LogP contribution is -2.47. The van der Waals surface area contributed by atoms with E-state index in [-0.39, 0.29) is 36.0 Å². The molecule has 11 nitrogen and oxygen atoms in total. The van der Waals surface area contributed by atoms with Crippen LogP contribution in [0.15, 0.2) is 9.59 Å². The molecule has 3 fully saturated rings. The van der Waals surface area contributed by atoms with Crippen molar-refractivity contribution in [1.29, 1.82) is 5.41 Å². The lowest BCUT2D eigenvalue weighted by atomic mass is 9.85. The van der Waals surface area contributed by atoms with E-state index in [9.17, 15) is 24.3 Å². The third-order valence-electron chi connectivity index (χ3n) is 7.10. The van der Waals surface area contributed by atoms with E-state index in [0.717, 1.165) is 15.6 Å². The standard InChI is InChI=1S/C21H30N6O5/c1-2-3-10-25-16(28)14(15(22)23)17(29)27(20(25)32)13-6-4-12(5-7-13)11-26-19(31)24-18(30)21(26)8-9-21/h12-13,28H,2-11H2,1H3,(H3,22,23)(H,24,30,31). The lowest BCUT2D eigenvalue weighted by Gasteiger charge is -2.33. The van der Waals surface area contributed by atoms with Gasteiger partial charge in [-0.2, -0.15) is 0 Å². The van der Waals surface area contributed by atoms with Gasteiger partial charge in [0.2, 0.25) is 5.88 Å². The monoisotopic (exact) mass is 446 g/mol. The van der Waals surface area contributed by atoms with Crippen molar-refractivity contribution in [2.45, 2.75) is 76.4 Å². The minimum atomic E-state index is -0.738. The maximum absolute atomic E-state index is 13.1. The molecule has 0 aromatic carbocycles. The smallest absolute Gasteiger partial charge is 0.334 e. The van der Waals surface area contributed by atoms with E-state index in [1.54, 1.807) is 4.90 Å². The Labute approximate surface area is 184 Å². The summed E-state index contributed by atoms with van der Waals surface area (Å²) >= 11 is 0. The second-order valence-corrected chi connectivity index (χ2v) is 9.15. The number of aromatic nitrogens is 2. The fourth-order valence-electron chi connectivity index (χ4n) is 5.05. The van der Waals surface area contributed by atoms with Crippen LogP contribution in [-0.2, 0) is 11.3 Å². The van der Waals surface area contributed by atoms with Crippen LogP contribution in [0.1, 0.15) is 69.9 Å². The molecule has 0 unspecified atom stereocenters. The summed E-state index contributed by atoms with van der Waals surface area (Å²) < 4.78 is 2.27. The molecule has 1 aliphatic heterocycles. The summed E-state index contributed by atoms with van der Waals surface area (Å²) in [6.45, 7) is 2.66. The Morgan fingerprint density at radius 3 is 2.41 bits per heavy atom. The number of carbonyl (C=O) groups excluding carboxylic acids is 2. The molecule has 1 saturated heterocycles. The number of rotatable bonds is 7. The van der Waals surface area contributed by atoms with Gasteiger partial charge in [-0.1, -0.05) is 13.3 Å². The Bertz CT molecular complexity index is 1080. The van der Waals surface area contributed by atoms with Crippen LogP contribution in [0.4, 0.5) is 4.79 Å². The van der Waals surface area contributed by atoms with Crippen LogP contribution in [0, 0.1) is 11.3 Å². The first kappa shape index (κ1) is 22.1. The normalized spacial score (nSPS) is 24.1. The van der Waals surface area contributed by atoms with Crippen LogP contribution < -0.4 is 22.3 Å². The number of imide groups is 1. The van der Waals surface area contributed by atoms with Crippen LogP contribution in [0.2, 0.25) is 0 Å². The number of nitrogens with one attached hydrogen (secondary N) is 2. The van der Waals surface area contributed by atoms with E-state index in [1.165, 1.54) is 0 Å². The number of urea groups is 1. The van der Waals surface area contributed by atoms with Gasteiger partial charge in [0.25, 0.3) is 11.5 Å². The maximum atomic E-state index is 13.1. The van der Waals surface area contributed by atoms with Crippen molar-refractivity contribution in [2.24, 2.45) is 11.7 Å². The molecule has 3 amide bonds. The quantitative estimate of drug-likeness (QED) is 0.272. The fourth-order valence-corrected chi connectivity index (χ4v) is 5.05. The summed E-state index contributed by atoms with van der Waals surface area (Å²) in [7, 11) is 0. The van der Waals surface area contributed by atoms with E-state index < -0.39 is 28.5 Å². The van der Waals surface area contributed by atoms with Crippen LogP contribution in [0.3, 0.4) is 0 Å². The fraction of sp³-hybridized carbons (Fsp3) is 0.667. The first-order valence-corrected chi connectivity index (χ1v) is 11.3. The zero-order valence-electron chi connectivity index (χ0n) is 18.2. The molecule has 174 valence electrons. The summed E-state index contributed by atoms with van der Waals surface area (Å²) in [6.07, 6.45) is 5.28. The summed E-state index contributed by atoms with van der Waals surface area (Å²) in [6, 6.07) is -0.712. The summed E-state index contributed by atoms with van der Waals surface area (Å²) in [4.78, 5) is 52.0. The average molecular weight is 447 g/mol. The van der Waals surface area contributed by atoms with Gasteiger partial charge in [-0.15, -0.1) is 0 Å².